The molecule has 2 rings (SSSR count). The van der Waals surface area contributed by atoms with Crippen LogP contribution in [0.1, 0.15) is 31.1 Å². The molecule has 1 aromatic rings. The van der Waals surface area contributed by atoms with Gasteiger partial charge in [0, 0.05) is 31.8 Å². The Morgan fingerprint density at radius 2 is 1.88 bits per heavy atom. The van der Waals surface area contributed by atoms with Gasteiger partial charge >= 0.3 is 17.9 Å². The van der Waals surface area contributed by atoms with Gasteiger partial charge in [0.15, 0.2) is 5.57 Å². The van der Waals surface area contributed by atoms with Crippen LogP contribution < -0.4 is 10.1 Å². The van der Waals surface area contributed by atoms with Crippen LogP contribution in [-0.2, 0) is 23.8 Å². The molecular formula is C17H19NO7. The van der Waals surface area contributed by atoms with Crippen molar-refractivity contribution in [2.45, 2.75) is 26.6 Å². The molecule has 1 fully saturated rings. The summed E-state index contributed by atoms with van der Waals surface area (Å²) in [5, 5.41) is 2.78. The van der Waals surface area contributed by atoms with E-state index in [-0.39, 0.29) is 23.5 Å². The fourth-order valence-corrected chi connectivity index (χ4v) is 2.09. The van der Waals surface area contributed by atoms with E-state index in [0.29, 0.717) is 5.69 Å². The van der Waals surface area contributed by atoms with Gasteiger partial charge in [-0.1, -0.05) is 0 Å². The predicted molar refractivity (Wildman–Crippen MR) is 86.9 cm³/mol. The molecule has 0 aromatic heterocycles. The average Bonchev–Trinajstić information content (AvgIpc) is 2.52. The highest BCUT2D eigenvalue weighted by molar-refractivity contribution is 6.15. The number of benzene rings is 1. The first-order valence-electron chi connectivity index (χ1n) is 7.56. The number of cyclic esters (lactones) is 2. The first-order chi connectivity index (χ1) is 11.8. The van der Waals surface area contributed by atoms with Gasteiger partial charge in [-0.2, -0.15) is 0 Å². The highest BCUT2D eigenvalue weighted by atomic mass is 16.7. The monoisotopic (exact) mass is 349 g/mol. The van der Waals surface area contributed by atoms with Crippen molar-refractivity contribution >= 4 is 23.6 Å². The standard InChI is InChI=1S/C17H19NO7/c1-5-23-14(19)11-7-6-10(8-13(11)22-4)18-9-12-15(20)24-17(2,3)25-16(12)21/h6-9,18H,5H2,1-4H3. The molecule has 0 unspecified atom stereocenters. The summed E-state index contributed by atoms with van der Waals surface area (Å²) in [6.45, 7) is 4.88. The number of hydrogen-bond donors (Lipinski definition) is 1. The van der Waals surface area contributed by atoms with Crippen LogP contribution in [0.25, 0.3) is 0 Å². The SMILES string of the molecule is CCOC(=O)c1ccc(NC=C2C(=O)OC(C)(C)OC2=O)cc1OC. The van der Waals surface area contributed by atoms with Crippen molar-refractivity contribution in [2.24, 2.45) is 0 Å². The lowest BCUT2D eigenvalue weighted by Crippen LogP contribution is -2.42. The summed E-state index contributed by atoms with van der Waals surface area (Å²) in [4.78, 5) is 35.6. The summed E-state index contributed by atoms with van der Waals surface area (Å²) in [7, 11) is 1.41. The van der Waals surface area contributed by atoms with Crippen LogP contribution in [0.5, 0.6) is 5.75 Å². The van der Waals surface area contributed by atoms with E-state index in [0.717, 1.165) is 0 Å². The number of methoxy groups -OCH3 is 1. The number of rotatable bonds is 5. The van der Waals surface area contributed by atoms with Crippen LogP contribution in [0, 0.1) is 0 Å². The summed E-state index contributed by atoms with van der Waals surface area (Å²) in [6, 6.07) is 4.63. The molecule has 1 aliphatic rings. The van der Waals surface area contributed by atoms with Gasteiger partial charge < -0.3 is 24.3 Å². The second-order valence-corrected chi connectivity index (χ2v) is 5.52. The number of anilines is 1. The van der Waals surface area contributed by atoms with Crippen LogP contribution in [0.3, 0.4) is 0 Å². The highest BCUT2D eigenvalue weighted by Gasteiger charge is 2.38. The van der Waals surface area contributed by atoms with Crippen molar-refractivity contribution in [2.75, 3.05) is 19.0 Å². The van der Waals surface area contributed by atoms with Crippen LogP contribution in [0.4, 0.5) is 5.69 Å². The zero-order valence-corrected chi connectivity index (χ0v) is 14.4. The molecule has 0 radical (unpaired) electrons. The van der Waals surface area contributed by atoms with E-state index in [1.807, 2.05) is 0 Å². The van der Waals surface area contributed by atoms with Gasteiger partial charge in [0.2, 0.25) is 0 Å². The Kier molecular flexibility index (Phi) is 5.31. The normalized spacial score (nSPS) is 15.8. The first-order valence-corrected chi connectivity index (χ1v) is 7.56. The van der Waals surface area contributed by atoms with Crippen molar-refractivity contribution in [3.63, 3.8) is 0 Å². The number of hydrogen-bond acceptors (Lipinski definition) is 8. The molecule has 0 aliphatic carbocycles. The van der Waals surface area contributed by atoms with E-state index in [1.54, 1.807) is 13.0 Å². The third-order valence-electron chi connectivity index (χ3n) is 3.20. The molecule has 8 heteroatoms. The van der Waals surface area contributed by atoms with E-state index >= 15 is 0 Å². The van der Waals surface area contributed by atoms with Gasteiger partial charge in [-0.3, -0.25) is 0 Å². The molecule has 1 aliphatic heterocycles. The van der Waals surface area contributed by atoms with E-state index in [2.05, 4.69) is 5.32 Å². The van der Waals surface area contributed by atoms with Crippen LogP contribution in [-0.4, -0.2) is 37.4 Å². The summed E-state index contributed by atoms with van der Waals surface area (Å²) in [6.07, 6.45) is 1.18. The molecule has 1 N–H and O–H groups in total. The lowest BCUT2D eigenvalue weighted by Gasteiger charge is -2.29. The Hall–Kier alpha value is -3.03. The maximum atomic E-state index is 11.9. The largest absolute Gasteiger partial charge is 0.496 e. The number of nitrogens with one attached hydrogen (secondary N) is 1. The van der Waals surface area contributed by atoms with Crippen LogP contribution in [0.2, 0.25) is 0 Å². The maximum Gasteiger partial charge on any atom is 0.350 e. The lowest BCUT2D eigenvalue weighted by molar-refractivity contribution is -0.222. The second kappa shape index (κ2) is 7.25. The predicted octanol–water partition coefficient (Wildman–Crippen LogP) is 2.00. The topological polar surface area (TPSA) is 100 Å². The zero-order valence-electron chi connectivity index (χ0n) is 14.4. The molecule has 0 amide bonds. The minimum Gasteiger partial charge on any atom is -0.496 e. The molecule has 134 valence electrons. The molecule has 0 spiro atoms. The Bertz CT molecular complexity index is 715. The molecule has 0 saturated carbocycles. The third-order valence-corrected chi connectivity index (χ3v) is 3.20. The molecule has 1 saturated heterocycles. The average molecular weight is 349 g/mol. The van der Waals surface area contributed by atoms with E-state index < -0.39 is 23.7 Å². The van der Waals surface area contributed by atoms with Crippen molar-refractivity contribution in [1.82, 2.24) is 0 Å². The van der Waals surface area contributed by atoms with E-state index in [1.165, 1.54) is 39.3 Å². The summed E-state index contributed by atoms with van der Waals surface area (Å²) >= 11 is 0. The maximum absolute atomic E-state index is 11.9. The quantitative estimate of drug-likeness (QED) is 0.489. The van der Waals surface area contributed by atoms with Gasteiger partial charge in [-0.05, 0) is 19.1 Å². The summed E-state index contributed by atoms with van der Waals surface area (Å²) < 4.78 is 20.1. The van der Waals surface area contributed by atoms with E-state index in [9.17, 15) is 14.4 Å². The van der Waals surface area contributed by atoms with E-state index in [4.69, 9.17) is 18.9 Å². The molecule has 1 heterocycles. The summed E-state index contributed by atoms with van der Waals surface area (Å²) in [5.74, 6) is -3.09. The first kappa shape index (κ1) is 18.3. The fraction of sp³-hybridized carbons (Fsp3) is 0.353. The zero-order chi connectivity index (χ0) is 18.6. The smallest absolute Gasteiger partial charge is 0.350 e. The number of carbonyl (C=O) groups is 3. The Labute approximate surface area is 144 Å². The van der Waals surface area contributed by atoms with Crippen LogP contribution >= 0.6 is 0 Å². The molecule has 25 heavy (non-hydrogen) atoms. The van der Waals surface area contributed by atoms with Gasteiger partial charge in [0.25, 0.3) is 5.79 Å². The van der Waals surface area contributed by atoms with Crippen LogP contribution in [0.15, 0.2) is 30.0 Å². The molecular weight excluding hydrogens is 330 g/mol. The van der Waals surface area contributed by atoms with Gasteiger partial charge in [0.05, 0.1) is 13.7 Å². The fourth-order valence-electron chi connectivity index (χ4n) is 2.09. The Morgan fingerprint density at radius 3 is 2.44 bits per heavy atom. The molecule has 0 atom stereocenters. The van der Waals surface area contributed by atoms with Crippen molar-refractivity contribution in [1.29, 1.82) is 0 Å². The second-order valence-electron chi connectivity index (χ2n) is 5.52. The minimum absolute atomic E-state index is 0.245. The molecule has 8 nitrogen and oxygen atoms in total. The molecule has 1 aromatic carbocycles. The molecule has 0 bridgehead atoms. The van der Waals surface area contributed by atoms with Gasteiger partial charge in [0.1, 0.15) is 11.3 Å². The number of ether oxygens (including phenoxy) is 4. The highest BCUT2D eigenvalue weighted by Crippen LogP contribution is 2.26. The number of carbonyl (C=O) groups excluding carboxylic acids is 3. The lowest BCUT2D eigenvalue weighted by atomic mass is 10.1. The van der Waals surface area contributed by atoms with Crippen molar-refractivity contribution < 1.29 is 33.3 Å². The summed E-state index contributed by atoms with van der Waals surface area (Å²) in [5.41, 5.74) is 0.483. The Morgan fingerprint density at radius 1 is 1.24 bits per heavy atom. The minimum atomic E-state index is -1.30. The van der Waals surface area contributed by atoms with Gasteiger partial charge in [-0.25, -0.2) is 14.4 Å². The van der Waals surface area contributed by atoms with Gasteiger partial charge in [-0.15, -0.1) is 0 Å². The Balaban J connectivity index is 2.19. The number of esters is 3. The third kappa shape index (κ3) is 4.28. The van der Waals surface area contributed by atoms with Crippen molar-refractivity contribution in [3.05, 3.63) is 35.5 Å². The van der Waals surface area contributed by atoms with Crippen molar-refractivity contribution in [3.8, 4) is 5.75 Å².